The Hall–Kier alpha value is -2.73. The number of carbonyl (C=O) groups is 3. The summed E-state index contributed by atoms with van der Waals surface area (Å²) in [5.74, 6) is -1.48. The van der Waals surface area contributed by atoms with Gasteiger partial charge < -0.3 is 15.3 Å². The summed E-state index contributed by atoms with van der Waals surface area (Å²) >= 11 is 12.6. The summed E-state index contributed by atoms with van der Waals surface area (Å²) in [5, 5.41) is 20.1. The summed E-state index contributed by atoms with van der Waals surface area (Å²) < 4.78 is 0. The van der Waals surface area contributed by atoms with Gasteiger partial charge in [0.25, 0.3) is 0 Å². The van der Waals surface area contributed by atoms with Crippen molar-refractivity contribution in [2.45, 2.75) is 42.7 Å². The van der Waals surface area contributed by atoms with Crippen LogP contribution in [-0.2, 0) is 20.4 Å². The van der Waals surface area contributed by atoms with Gasteiger partial charge in [-0.1, -0.05) is 59.6 Å². The lowest BCUT2D eigenvalue weighted by Gasteiger charge is -2.52. The lowest BCUT2D eigenvalue weighted by atomic mass is 9.71. The largest absolute Gasteiger partial charge is 0.479 e. The molecule has 2 bridgehead atoms. The van der Waals surface area contributed by atoms with E-state index >= 15 is 0 Å². The molecule has 2 unspecified atom stereocenters. The number of fused-ring (bicyclic) bond motifs is 3. The van der Waals surface area contributed by atoms with Crippen molar-refractivity contribution in [1.29, 1.82) is 0 Å². The van der Waals surface area contributed by atoms with Gasteiger partial charge in [-0.3, -0.25) is 15.0 Å². The predicted molar refractivity (Wildman–Crippen MR) is 164 cm³/mol. The summed E-state index contributed by atoms with van der Waals surface area (Å²) in [6, 6.07) is 14.9. The molecule has 0 radical (unpaired) electrons. The Morgan fingerprint density at radius 3 is 2.26 bits per heavy atom. The van der Waals surface area contributed by atoms with Crippen LogP contribution in [0.3, 0.4) is 0 Å². The number of nitrogens with one attached hydrogen (secondary N) is 2. The fourth-order valence-electron chi connectivity index (χ4n) is 7.36. The maximum Gasteiger partial charge on any atom is 0.343 e. The first kappa shape index (κ1) is 30.3. The highest BCUT2D eigenvalue weighted by molar-refractivity contribution is 6.42. The number of piperidine rings is 1. The van der Waals surface area contributed by atoms with E-state index in [9.17, 15) is 19.5 Å². The molecule has 230 valence electrons. The summed E-state index contributed by atoms with van der Waals surface area (Å²) in [6.45, 7) is 6.31. The van der Waals surface area contributed by atoms with Crippen LogP contribution in [-0.4, -0.2) is 108 Å². The van der Waals surface area contributed by atoms with Crippen molar-refractivity contribution >= 4 is 41.1 Å². The quantitative estimate of drug-likeness (QED) is 0.429. The molecule has 5 aliphatic heterocycles. The van der Waals surface area contributed by atoms with E-state index in [1.54, 1.807) is 9.91 Å². The number of halogens is 2. The van der Waals surface area contributed by atoms with Crippen molar-refractivity contribution in [1.82, 2.24) is 30.5 Å². The Labute approximate surface area is 261 Å². The van der Waals surface area contributed by atoms with Gasteiger partial charge in [0.1, 0.15) is 0 Å². The first-order valence-corrected chi connectivity index (χ1v) is 15.8. The van der Waals surface area contributed by atoms with E-state index in [1.807, 2.05) is 42.5 Å². The van der Waals surface area contributed by atoms with Gasteiger partial charge in [0, 0.05) is 38.1 Å². The topological polar surface area (TPSA) is 108 Å². The van der Waals surface area contributed by atoms with Crippen LogP contribution in [0.4, 0.5) is 4.79 Å². The lowest BCUT2D eigenvalue weighted by Crippen LogP contribution is -2.74. The van der Waals surface area contributed by atoms with Gasteiger partial charge in [-0.05, 0) is 75.1 Å². The second-order valence-electron chi connectivity index (χ2n) is 12.2. The van der Waals surface area contributed by atoms with E-state index in [0.717, 1.165) is 38.0 Å². The molecule has 5 saturated heterocycles. The fourth-order valence-corrected chi connectivity index (χ4v) is 7.66. The number of aliphatic carboxylic acids is 1. The molecule has 7 rings (SSSR count). The maximum absolute atomic E-state index is 14.0. The molecule has 3 N–H and O–H groups in total. The fraction of sp³-hybridized carbons (Fsp3) is 0.516. The van der Waals surface area contributed by atoms with Crippen LogP contribution in [0, 0.1) is 0 Å². The summed E-state index contributed by atoms with van der Waals surface area (Å²) in [4.78, 5) is 43.8. The van der Waals surface area contributed by atoms with Gasteiger partial charge in [0.05, 0.1) is 15.5 Å². The van der Waals surface area contributed by atoms with Crippen molar-refractivity contribution in [3.8, 4) is 0 Å². The Morgan fingerprint density at radius 1 is 0.907 bits per heavy atom. The Morgan fingerprint density at radius 2 is 1.63 bits per heavy atom. The molecule has 10 nitrogen and oxygen atoms in total. The minimum Gasteiger partial charge on any atom is -0.479 e. The van der Waals surface area contributed by atoms with Gasteiger partial charge in [-0.2, -0.15) is 0 Å². The van der Waals surface area contributed by atoms with Gasteiger partial charge in [0.2, 0.25) is 12.1 Å². The number of nitrogens with zero attached hydrogens (tertiary/aromatic N) is 4. The number of benzene rings is 2. The van der Waals surface area contributed by atoms with Crippen LogP contribution in [0.15, 0.2) is 48.5 Å². The molecule has 5 aliphatic rings. The number of amides is 3. The van der Waals surface area contributed by atoms with Crippen LogP contribution < -0.4 is 10.6 Å². The number of carboxylic acids is 1. The first-order chi connectivity index (χ1) is 20.7. The standard InChI is InChI=1S/C31H38Cl2N6O4/c32-24-7-6-23(20-25(24)33)30(8-12-34-21-30)9-13-36-14-10-31(11-15-36,22-4-2-1-3-5-22)28(42)35-29(43)39-26(27(40)41)37-16-18-38(39)19-17-37/h1-7,20,26,34H,8-19,21H2,(H,40,41)(H,35,42,43). The molecule has 12 heteroatoms. The minimum absolute atomic E-state index is 0.0359. The average molecular weight is 630 g/mol. The number of carboxylic acid groups (broad SMARTS) is 1. The number of hydrogen-bond donors (Lipinski definition) is 3. The number of hydrogen-bond acceptors (Lipinski definition) is 7. The second kappa shape index (κ2) is 12.3. The molecular weight excluding hydrogens is 591 g/mol. The third kappa shape index (κ3) is 5.77. The lowest BCUT2D eigenvalue weighted by molar-refractivity contribution is -0.190. The Kier molecular flexibility index (Phi) is 8.70. The van der Waals surface area contributed by atoms with E-state index in [0.29, 0.717) is 62.2 Å². The Balaban J connectivity index is 1.16. The molecule has 5 heterocycles. The van der Waals surface area contributed by atoms with E-state index in [2.05, 4.69) is 21.6 Å². The molecule has 43 heavy (non-hydrogen) atoms. The molecule has 0 saturated carbocycles. The third-order valence-corrected chi connectivity index (χ3v) is 10.7. The zero-order valence-corrected chi connectivity index (χ0v) is 25.6. The van der Waals surface area contributed by atoms with E-state index in [-0.39, 0.29) is 11.3 Å². The minimum atomic E-state index is -1.11. The monoisotopic (exact) mass is 628 g/mol. The van der Waals surface area contributed by atoms with E-state index in [4.69, 9.17) is 23.2 Å². The summed E-state index contributed by atoms with van der Waals surface area (Å²) in [5.41, 5.74) is 1.13. The summed E-state index contributed by atoms with van der Waals surface area (Å²) in [6.07, 6.45) is 1.94. The van der Waals surface area contributed by atoms with E-state index < -0.39 is 23.6 Å². The maximum atomic E-state index is 14.0. The van der Waals surface area contributed by atoms with Crippen LogP contribution in [0.1, 0.15) is 36.8 Å². The molecule has 0 aromatic heterocycles. The molecule has 2 aromatic rings. The molecule has 3 amide bonds. The van der Waals surface area contributed by atoms with Crippen molar-refractivity contribution < 1.29 is 19.5 Å². The normalized spacial score (nSPS) is 28.5. The third-order valence-electron chi connectivity index (χ3n) is 9.98. The molecule has 0 aliphatic carbocycles. The predicted octanol–water partition coefficient (Wildman–Crippen LogP) is 3.14. The highest BCUT2D eigenvalue weighted by atomic mass is 35.5. The average Bonchev–Trinajstić information content (AvgIpc) is 3.52. The van der Waals surface area contributed by atoms with Crippen LogP contribution in [0.5, 0.6) is 0 Å². The van der Waals surface area contributed by atoms with Crippen molar-refractivity contribution in [2.24, 2.45) is 0 Å². The second-order valence-corrected chi connectivity index (χ2v) is 13.0. The smallest absolute Gasteiger partial charge is 0.343 e. The molecule has 2 atom stereocenters. The van der Waals surface area contributed by atoms with Crippen molar-refractivity contribution in [3.63, 3.8) is 0 Å². The zero-order chi connectivity index (χ0) is 30.2. The Bertz CT molecular complexity index is 1360. The zero-order valence-electron chi connectivity index (χ0n) is 24.1. The number of imide groups is 1. The number of carbonyl (C=O) groups excluding carboxylic acids is 2. The SMILES string of the molecule is O=C(O)C1N2CCN(CC2)N1C(=O)NC(=O)C1(c2ccccc2)CCN(CCC2(c3ccc(Cl)c(Cl)c3)CCNC2)CC1. The number of piperazine rings is 1. The van der Waals surface area contributed by atoms with Crippen molar-refractivity contribution in [3.05, 3.63) is 69.7 Å². The molecule has 2 aromatic carbocycles. The molecular formula is C31H38Cl2N6O4. The highest BCUT2D eigenvalue weighted by Gasteiger charge is 2.49. The first-order valence-electron chi connectivity index (χ1n) is 15.0. The number of likely N-dealkylation sites (tertiary alicyclic amines) is 1. The summed E-state index contributed by atoms with van der Waals surface area (Å²) in [7, 11) is 0. The van der Waals surface area contributed by atoms with Crippen LogP contribution in [0.2, 0.25) is 10.0 Å². The van der Waals surface area contributed by atoms with Crippen LogP contribution >= 0.6 is 23.2 Å². The van der Waals surface area contributed by atoms with Crippen molar-refractivity contribution in [2.75, 3.05) is 58.9 Å². The molecule has 5 fully saturated rings. The van der Waals surface area contributed by atoms with E-state index in [1.165, 1.54) is 10.6 Å². The van der Waals surface area contributed by atoms with Crippen LogP contribution in [0.25, 0.3) is 0 Å². The highest BCUT2D eigenvalue weighted by Crippen LogP contribution is 2.40. The number of hydrazine groups is 1. The van der Waals surface area contributed by atoms with Gasteiger partial charge >= 0.3 is 12.0 Å². The van der Waals surface area contributed by atoms with Gasteiger partial charge in [0.15, 0.2) is 0 Å². The van der Waals surface area contributed by atoms with Gasteiger partial charge in [-0.25, -0.2) is 19.6 Å². The number of rotatable bonds is 7. The van der Waals surface area contributed by atoms with Gasteiger partial charge in [-0.15, -0.1) is 0 Å². The number of urea groups is 1. The molecule has 0 spiro atoms.